The van der Waals surface area contributed by atoms with Crippen molar-refractivity contribution in [1.29, 1.82) is 0 Å². The molecule has 0 fully saturated rings. The number of nitrogens with two attached hydrogens (primary N) is 1. The lowest BCUT2D eigenvalue weighted by atomic mass is 9.84. The second-order valence-corrected chi connectivity index (χ2v) is 10.8. The molecule has 170 valence electrons. The Morgan fingerprint density at radius 1 is 1.32 bits per heavy atom. The molecule has 3 amide bonds. The van der Waals surface area contributed by atoms with Gasteiger partial charge in [-0.05, 0) is 24.6 Å². The topological polar surface area (TPSA) is 131 Å². The van der Waals surface area contributed by atoms with E-state index < -0.39 is 50.6 Å². The van der Waals surface area contributed by atoms with Crippen LogP contribution in [0.15, 0.2) is 23.1 Å². The highest BCUT2D eigenvalue weighted by Gasteiger charge is 2.32. The van der Waals surface area contributed by atoms with E-state index >= 15 is 0 Å². The van der Waals surface area contributed by atoms with E-state index in [1.807, 2.05) is 0 Å². The molecule has 0 saturated carbocycles. The molecule has 0 radical (unpaired) electrons. The van der Waals surface area contributed by atoms with Crippen LogP contribution in [-0.4, -0.2) is 44.3 Å². The number of primary amides is 1. The Hall–Kier alpha value is -2.60. The molecule has 0 aliphatic carbocycles. The van der Waals surface area contributed by atoms with Gasteiger partial charge in [0.1, 0.15) is 10.7 Å². The molecular weight excluding hydrogens is 450 g/mol. The predicted octanol–water partition coefficient (Wildman–Crippen LogP) is 3.02. The van der Waals surface area contributed by atoms with Crippen molar-refractivity contribution in [1.82, 2.24) is 10.3 Å². The molecule has 12 heteroatoms. The highest BCUT2D eigenvalue weighted by atomic mass is 32.2. The Labute approximate surface area is 183 Å². The first-order valence-corrected chi connectivity index (χ1v) is 11.8. The molecular formula is C19H24F2N4O4S2. The standard InChI is InChI=1S/C19H24F2N4O4S2/c1-10-16(11-5-6-13(12(21)7-11)31(4,28)29)30-18(23-10)25-17(27)24-14(8-15(22)26)19(2,3)9-20/h5-7,14H,8-9H2,1-4H3,(H2,22,26)(H2,23,24,25,27). The third-order valence-corrected chi connectivity index (χ3v) is 6.86. The van der Waals surface area contributed by atoms with Crippen molar-refractivity contribution in [2.45, 2.75) is 38.1 Å². The first kappa shape index (κ1) is 24.7. The summed E-state index contributed by atoms with van der Waals surface area (Å²) in [5.74, 6) is -1.57. The number of aryl methyl sites for hydroxylation is 1. The van der Waals surface area contributed by atoms with Crippen molar-refractivity contribution in [2.75, 3.05) is 18.2 Å². The summed E-state index contributed by atoms with van der Waals surface area (Å²) in [5, 5.41) is 5.24. The Balaban J connectivity index is 2.22. The third kappa shape index (κ3) is 6.20. The number of carbonyl (C=O) groups is 2. The summed E-state index contributed by atoms with van der Waals surface area (Å²) >= 11 is 1.05. The van der Waals surface area contributed by atoms with Gasteiger partial charge in [0.05, 0.1) is 17.2 Å². The fourth-order valence-electron chi connectivity index (χ4n) is 2.77. The number of thiazole rings is 1. The lowest BCUT2D eigenvalue weighted by Crippen LogP contribution is -2.49. The maximum absolute atomic E-state index is 14.2. The molecule has 0 aliphatic heterocycles. The van der Waals surface area contributed by atoms with Gasteiger partial charge < -0.3 is 11.1 Å². The zero-order chi connectivity index (χ0) is 23.6. The molecule has 1 unspecified atom stereocenters. The van der Waals surface area contributed by atoms with E-state index in [4.69, 9.17) is 5.73 Å². The van der Waals surface area contributed by atoms with Gasteiger partial charge in [0.25, 0.3) is 0 Å². The van der Waals surface area contributed by atoms with Crippen molar-refractivity contribution in [3.8, 4) is 10.4 Å². The van der Waals surface area contributed by atoms with E-state index in [-0.39, 0.29) is 11.6 Å². The number of benzene rings is 1. The Bertz CT molecular complexity index is 1100. The first-order valence-electron chi connectivity index (χ1n) is 9.14. The van der Waals surface area contributed by atoms with E-state index in [1.165, 1.54) is 12.1 Å². The lowest BCUT2D eigenvalue weighted by molar-refractivity contribution is -0.119. The van der Waals surface area contributed by atoms with Crippen LogP contribution >= 0.6 is 11.3 Å². The number of amides is 3. The number of rotatable bonds is 8. The van der Waals surface area contributed by atoms with Gasteiger partial charge in [-0.3, -0.25) is 14.5 Å². The fourth-order valence-corrected chi connectivity index (χ4v) is 4.46. The summed E-state index contributed by atoms with van der Waals surface area (Å²) in [6.07, 6.45) is 0.678. The van der Waals surface area contributed by atoms with Crippen LogP contribution in [0.2, 0.25) is 0 Å². The van der Waals surface area contributed by atoms with Crippen molar-refractivity contribution in [2.24, 2.45) is 11.1 Å². The maximum atomic E-state index is 14.2. The number of nitrogens with zero attached hydrogens (tertiary/aromatic N) is 1. The van der Waals surface area contributed by atoms with Crippen LogP contribution in [0.1, 0.15) is 26.0 Å². The number of carbonyl (C=O) groups excluding carboxylic acids is 2. The number of aromatic nitrogens is 1. The number of urea groups is 1. The number of alkyl halides is 1. The van der Waals surface area contributed by atoms with E-state index in [1.54, 1.807) is 20.8 Å². The summed E-state index contributed by atoms with van der Waals surface area (Å²) in [7, 11) is -3.70. The smallest absolute Gasteiger partial charge is 0.321 e. The highest BCUT2D eigenvalue weighted by Crippen LogP contribution is 2.34. The van der Waals surface area contributed by atoms with E-state index in [2.05, 4.69) is 15.6 Å². The van der Waals surface area contributed by atoms with Crippen molar-refractivity contribution in [3.63, 3.8) is 0 Å². The minimum atomic E-state index is -3.70. The number of hydrogen-bond donors (Lipinski definition) is 3. The van der Waals surface area contributed by atoms with Crippen molar-refractivity contribution >= 4 is 38.2 Å². The van der Waals surface area contributed by atoms with Gasteiger partial charge in [-0.2, -0.15) is 0 Å². The molecule has 1 heterocycles. The average Bonchev–Trinajstić information content (AvgIpc) is 2.99. The molecule has 2 aromatic rings. The summed E-state index contributed by atoms with van der Waals surface area (Å²) < 4.78 is 50.7. The van der Waals surface area contributed by atoms with Gasteiger partial charge in [0, 0.05) is 24.1 Å². The Kier molecular flexibility index (Phi) is 7.37. The minimum Gasteiger partial charge on any atom is -0.370 e. The quantitative estimate of drug-likeness (QED) is 0.541. The van der Waals surface area contributed by atoms with Crippen LogP contribution in [0.25, 0.3) is 10.4 Å². The predicted molar refractivity (Wildman–Crippen MR) is 115 cm³/mol. The molecule has 1 aromatic heterocycles. The number of anilines is 1. The summed E-state index contributed by atoms with van der Waals surface area (Å²) in [5.41, 5.74) is 5.07. The molecule has 0 spiro atoms. The van der Waals surface area contributed by atoms with Gasteiger partial charge in [-0.15, -0.1) is 0 Å². The van der Waals surface area contributed by atoms with E-state index in [0.29, 0.717) is 16.1 Å². The summed E-state index contributed by atoms with van der Waals surface area (Å²) in [6, 6.07) is 2.18. The number of halogens is 2. The normalized spacial score (nSPS) is 13.0. The van der Waals surface area contributed by atoms with Gasteiger partial charge >= 0.3 is 6.03 Å². The average molecular weight is 475 g/mol. The summed E-state index contributed by atoms with van der Waals surface area (Å²) in [4.78, 5) is 28.0. The van der Waals surface area contributed by atoms with Gasteiger partial charge in [0.2, 0.25) is 5.91 Å². The molecule has 2 rings (SSSR count). The van der Waals surface area contributed by atoms with Crippen LogP contribution < -0.4 is 16.4 Å². The van der Waals surface area contributed by atoms with Crippen LogP contribution in [0, 0.1) is 18.2 Å². The molecule has 1 aromatic carbocycles. The molecule has 0 aliphatic rings. The van der Waals surface area contributed by atoms with E-state index in [9.17, 15) is 26.8 Å². The van der Waals surface area contributed by atoms with Crippen LogP contribution in [-0.2, 0) is 14.6 Å². The SMILES string of the molecule is Cc1nc(NC(=O)NC(CC(N)=O)C(C)(C)CF)sc1-c1ccc(S(C)(=O)=O)c(F)c1. The van der Waals surface area contributed by atoms with Gasteiger partial charge in [-0.25, -0.2) is 22.6 Å². The minimum absolute atomic E-state index is 0.188. The van der Waals surface area contributed by atoms with Crippen LogP contribution in [0.3, 0.4) is 0 Å². The van der Waals surface area contributed by atoms with Gasteiger partial charge in [-0.1, -0.05) is 31.3 Å². The Morgan fingerprint density at radius 3 is 2.48 bits per heavy atom. The maximum Gasteiger partial charge on any atom is 0.321 e. The summed E-state index contributed by atoms with van der Waals surface area (Å²) in [6.45, 7) is 3.99. The van der Waals surface area contributed by atoms with Crippen molar-refractivity contribution < 1.29 is 26.8 Å². The lowest BCUT2D eigenvalue weighted by Gasteiger charge is -2.31. The first-order chi connectivity index (χ1) is 14.2. The third-order valence-electron chi connectivity index (χ3n) is 4.61. The van der Waals surface area contributed by atoms with Gasteiger partial charge in [0.15, 0.2) is 15.0 Å². The number of hydrogen-bond acceptors (Lipinski definition) is 6. The largest absolute Gasteiger partial charge is 0.370 e. The zero-order valence-electron chi connectivity index (χ0n) is 17.5. The molecule has 31 heavy (non-hydrogen) atoms. The molecule has 1 atom stereocenters. The fraction of sp³-hybridized carbons (Fsp3) is 0.421. The highest BCUT2D eigenvalue weighted by molar-refractivity contribution is 7.90. The second-order valence-electron chi connectivity index (χ2n) is 7.79. The molecule has 8 nitrogen and oxygen atoms in total. The number of sulfone groups is 1. The molecule has 0 bridgehead atoms. The van der Waals surface area contributed by atoms with Crippen molar-refractivity contribution in [3.05, 3.63) is 29.7 Å². The van der Waals surface area contributed by atoms with E-state index in [0.717, 1.165) is 23.7 Å². The van der Waals surface area contributed by atoms with Crippen LogP contribution in [0.5, 0.6) is 0 Å². The number of nitrogens with one attached hydrogen (secondary N) is 2. The van der Waals surface area contributed by atoms with Crippen LogP contribution in [0.4, 0.5) is 18.7 Å². The molecule has 4 N–H and O–H groups in total. The second kappa shape index (κ2) is 9.27. The molecule has 0 saturated heterocycles. The Morgan fingerprint density at radius 2 is 1.97 bits per heavy atom. The monoisotopic (exact) mass is 474 g/mol. The zero-order valence-corrected chi connectivity index (χ0v) is 19.1.